The van der Waals surface area contributed by atoms with Crippen molar-refractivity contribution < 1.29 is 0 Å². The highest BCUT2D eigenvalue weighted by molar-refractivity contribution is 5.29. The zero-order chi connectivity index (χ0) is 13.7. The van der Waals surface area contributed by atoms with Gasteiger partial charge in [0.05, 0.1) is 0 Å². The van der Waals surface area contributed by atoms with Gasteiger partial charge >= 0.3 is 0 Å². The van der Waals surface area contributed by atoms with Gasteiger partial charge < -0.3 is 9.88 Å². The molecular weight excluding hydrogens is 232 g/mol. The third kappa shape index (κ3) is 4.25. The molecule has 102 valence electrons. The molecule has 0 atom stereocenters. The highest BCUT2D eigenvalue weighted by atomic mass is 14.9. The molecule has 0 bridgehead atoms. The fourth-order valence-electron chi connectivity index (χ4n) is 2.47. The quantitative estimate of drug-likeness (QED) is 0.781. The second kappa shape index (κ2) is 6.58. The Hall–Kier alpha value is -1.54. The van der Waals surface area contributed by atoms with E-state index in [1.54, 1.807) is 0 Å². The fourth-order valence-corrected chi connectivity index (χ4v) is 2.47. The molecule has 0 fully saturated rings. The molecule has 0 amide bonds. The maximum absolute atomic E-state index is 3.43. The van der Waals surface area contributed by atoms with Crippen molar-refractivity contribution in [3.63, 3.8) is 0 Å². The van der Waals surface area contributed by atoms with Gasteiger partial charge in [-0.2, -0.15) is 0 Å². The number of hydrogen-bond donors (Lipinski definition) is 1. The Bertz CT molecular complexity index is 506. The molecule has 2 heteroatoms. The van der Waals surface area contributed by atoms with Crippen molar-refractivity contribution in [1.82, 2.24) is 9.88 Å². The summed E-state index contributed by atoms with van der Waals surface area (Å²) in [6.07, 6.45) is 5.59. The van der Waals surface area contributed by atoms with Crippen LogP contribution in [0.15, 0.2) is 36.7 Å². The summed E-state index contributed by atoms with van der Waals surface area (Å²) in [5.41, 5.74) is 5.41. The molecule has 1 N–H and O–H groups in total. The molecule has 2 rings (SSSR count). The first-order chi connectivity index (χ1) is 9.17. The molecule has 0 spiro atoms. The van der Waals surface area contributed by atoms with Gasteiger partial charge in [-0.25, -0.2) is 0 Å². The highest BCUT2D eigenvalue weighted by Crippen LogP contribution is 2.11. The second-order valence-corrected chi connectivity index (χ2v) is 5.36. The van der Waals surface area contributed by atoms with Crippen molar-refractivity contribution in [2.75, 3.05) is 6.54 Å². The first-order valence-corrected chi connectivity index (χ1v) is 7.10. The minimum absolute atomic E-state index is 0.955. The summed E-state index contributed by atoms with van der Waals surface area (Å²) < 4.78 is 2.26. The molecule has 0 aliphatic heterocycles. The molecule has 2 nitrogen and oxygen atoms in total. The van der Waals surface area contributed by atoms with Crippen LogP contribution in [-0.4, -0.2) is 11.1 Å². The number of nitrogens with one attached hydrogen (secondary N) is 1. The van der Waals surface area contributed by atoms with Crippen molar-refractivity contribution >= 4 is 0 Å². The lowest BCUT2D eigenvalue weighted by Gasteiger charge is -2.06. The minimum atomic E-state index is 0.955. The minimum Gasteiger partial charge on any atom is -0.350 e. The van der Waals surface area contributed by atoms with E-state index in [2.05, 4.69) is 67.3 Å². The molecule has 19 heavy (non-hydrogen) atoms. The fraction of sp³-hybridized carbons (Fsp3) is 0.412. The van der Waals surface area contributed by atoms with Crippen LogP contribution < -0.4 is 5.32 Å². The Morgan fingerprint density at radius 2 is 1.79 bits per heavy atom. The Morgan fingerprint density at radius 3 is 2.47 bits per heavy atom. The largest absolute Gasteiger partial charge is 0.350 e. The van der Waals surface area contributed by atoms with Gasteiger partial charge in [0.15, 0.2) is 0 Å². The lowest BCUT2D eigenvalue weighted by molar-refractivity contribution is 0.673. The van der Waals surface area contributed by atoms with Crippen molar-refractivity contribution in [3.8, 4) is 0 Å². The van der Waals surface area contributed by atoms with Crippen LogP contribution >= 0.6 is 0 Å². The summed E-state index contributed by atoms with van der Waals surface area (Å²) in [5.74, 6) is 0. The number of hydrogen-bond acceptors (Lipinski definition) is 1. The van der Waals surface area contributed by atoms with Crippen LogP contribution in [0.2, 0.25) is 0 Å². The summed E-state index contributed by atoms with van der Waals surface area (Å²) >= 11 is 0. The summed E-state index contributed by atoms with van der Waals surface area (Å²) in [7, 11) is 0. The number of nitrogens with zero attached hydrogens (tertiary/aromatic N) is 1. The Balaban J connectivity index is 1.99. The first-order valence-electron chi connectivity index (χ1n) is 7.10. The molecule has 0 unspecified atom stereocenters. The molecule has 1 aromatic carbocycles. The Kier molecular flexibility index (Phi) is 4.80. The summed E-state index contributed by atoms with van der Waals surface area (Å²) in [6, 6.07) is 8.95. The molecule has 1 heterocycles. The SMILES string of the molecule is CCCNCc1ccn(Cc2cc(C)cc(C)c2)c1. The van der Waals surface area contributed by atoms with Crippen molar-refractivity contribution in [2.24, 2.45) is 0 Å². The standard InChI is InChI=1S/C17H24N2/c1-4-6-18-11-16-5-7-19(12-16)13-17-9-14(2)8-15(3)10-17/h5,7-10,12,18H,4,6,11,13H2,1-3H3. The van der Waals surface area contributed by atoms with Crippen LogP contribution in [0.5, 0.6) is 0 Å². The van der Waals surface area contributed by atoms with Gasteiger partial charge in [0.25, 0.3) is 0 Å². The topological polar surface area (TPSA) is 17.0 Å². The third-order valence-electron chi connectivity index (χ3n) is 3.21. The lowest BCUT2D eigenvalue weighted by Crippen LogP contribution is -2.13. The summed E-state index contributed by atoms with van der Waals surface area (Å²) in [4.78, 5) is 0. The maximum atomic E-state index is 3.43. The van der Waals surface area contributed by atoms with E-state index in [1.165, 1.54) is 28.7 Å². The molecule has 0 aliphatic rings. The van der Waals surface area contributed by atoms with E-state index in [4.69, 9.17) is 0 Å². The van der Waals surface area contributed by atoms with Gasteiger partial charge in [-0.05, 0) is 44.0 Å². The predicted octanol–water partition coefficient (Wildman–Crippen LogP) is 3.65. The average Bonchev–Trinajstić information content (AvgIpc) is 2.76. The van der Waals surface area contributed by atoms with E-state index in [1.807, 2.05) is 0 Å². The van der Waals surface area contributed by atoms with Crippen LogP contribution in [-0.2, 0) is 13.1 Å². The van der Waals surface area contributed by atoms with E-state index >= 15 is 0 Å². The normalized spacial score (nSPS) is 10.9. The summed E-state index contributed by atoms with van der Waals surface area (Å²) in [6.45, 7) is 9.52. The molecule has 0 aliphatic carbocycles. The molecule has 0 radical (unpaired) electrons. The van der Waals surface area contributed by atoms with Gasteiger partial charge in [0.2, 0.25) is 0 Å². The van der Waals surface area contributed by atoms with E-state index in [0.717, 1.165) is 19.6 Å². The van der Waals surface area contributed by atoms with Crippen molar-refractivity contribution in [1.29, 1.82) is 0 Å². The molecular formula is C17H24N2. The monoisotopic (exact) mass is 256 g/mol. The lowest BCUT2D eigenvalue weighted by atomic mass is 10.1. The highest BCUT2D eigenvalue weighted by Gasteiger charge is 2.00. The van der Waals surface area contributed by atoms with Crippen molar-refractivity contribution in [3.05, 3.63) is 58.9 Å². The van der Waals surface area contributed by atoms with Gasteiger partial charge in [-0.3, -0.25) is 0 Å². The smallest absolute Gasteiger partial charge is 0.0470 e. The molecule has 0 saturated heterocycles. The average molecular weight is 256 g/mol. The Morgan fingerprint density at radius 1 is 1.05 bits per heavy atom. The van der Waals surface area contributed by atoms with Gasteiger partial charge in [0, 0.05) is 25.5 Å². The Labute approximate surface area is 116 Å². The molecule has 2 aromatic rings. The first kappa shape index (κ1) is 13.9. The second-order valence-electron chi connectivity index (χ2n) is 5.36. The van der Waals surface area contributed by atoms with E-state index in [-0.39, 0.29) is 0 Å². The zero-order valence-electron chi connectivity index (χ0n) is 12.2. The number of aromatic nitrogens is 1. The van der Waals surface area contributed by atoms with Gasteiger partial charge in [-0.15, -0.1) is 0 Å². The molecule has 1 aromatic heterocycles. The van der Waals surface area contributed by atoms with Crippen LogP contribution in [0.1, 0.15) is 35.6 Å². The van der Waals surface area contributed by atoms with Gasteiger partial charge in [0.1, 0.15) is 0 Å². The third-order valence-corrected chi connectivity index (χ3v) is 3.21. The van der Waals surface area contributed by atoms with Crippen LogP contribution in [0.3, 0.4) is 0 Å². The van der Waals surface area contributed by atoms with E-state index in [0.29, 0.717) is 0 Å². The zero-order valence-corrected chi connectivity index (χ0v) is 12.2. The van der Waals surface area contributed by atoms with Crippen molar-refractivity contribution in [2.45, 2.75) is 40.3 Å². The predicted molar refractivity (Wildman–Crippen MR) is 81.4 cm³/mol. The number of aryl methyl sites for hydroxylation is 2. The maximum Gasteiger partial charge on any atom is 0.0470 e. The summed E-state index contributed by atoms with van der Waals surface area (Å²) in [5, 5.41) is 3.43. The van der Waals surface area contributed by atoms with Crippen LogP contribution in [0, 0.1) is 13.8 Å². The van der Waals surface area contributed by atoms with E-state index < -0.39 is 0 Å². The number of rotatable bonds is 6. The number of benzene rings is 1. The van der Waals surface area contributed by atoms with Crippen LogP contribution in [0.25, 0.3) is 0 Å². The van der Waals surface area contributed by atoms with E-state index in [9.17, 15) is 0 Å². The van der Waals surface area contributed by atoms with Crippen LogP contribution in [0.4, 0.5) is 0 Å². The molecule has 0 saturated carbocycles. The van der Waals surface area contributed by atoms with Gasteiger partial charge in [-0.1, -0.05) is 36.2 Å².